The van der Waals surface area contributed by atoms with Gasteiger partial charge in [0.15, 0.2) is 0 Å². The molecule has 5 N–H and O–H groups in total. The van der Waals surface area contributed by atoms with Gasteiger partial charge in [0.1, 0.15) is 0 Å². The number of nitrogens with two attached hydrogens (primary N) is 1. The first-order valence-corrected chi connectivity index (χ1v) is 24.5. The number of nitrogens with one attached hydrogen (secondary N) is 1. The van der Waals surface area contributed by atoms with Crippen LogP contribution in [-0.2, 0) is 18.4 Å². The molecule has 0 saturated heterocycles. The summed E-state index contributed by atoms with van der Waals surface area (Å²) in [6.07, 6.45) is 62.8. The Kier molecular flexibility index (Phi) is 42.6. The molecule has 0 heterocycles. The van der Waals surface area contributed by atoms with Crippen LogP contribution in [0.5, 0.6) is 0 Å². The van der Waals surface area contributed by atoms with Gasteiger partial charge in [0.25, 0.3) is 0 Å². The molecular weight excluding hydrogens is 756 g/mol. The van der Waals surface area contributed by atoms with Gasteiger partial charge in [-0.25, -0.2) is 4.57 Å². The third-order valence-corrected chi connectivity index (χ3v) is 10.3. The molecule has 0 aliphatic rings. The summed E-state index contributed by atoms with van der Waals surface area (Å²) in [6.45, 7) is 3.94. The Balaban J connectivity index is 4.34. The second kappa shape index (κ2) is 44.7. The fourth-order valence-electron chi connectivity index (χ4n) is 5.87. The number of amides is 1. The lowest BCUT2D eigenvalue weighted by atomic mass is 10.1. The van der Waals surface area contributed by atoms with E-state index in [1.54, 1.807) is 6.08 Å². The molecule has 0 aliphatic heterocycles. The number of hydrogen-bond donors (Lipinski definition) is 4. The van der Waals surface area contributed by atoms with E-state index in [1.807, 2.05) is 6.08 Å². The largest absolute Gasteiger partial charge is 0.472 e. The van der Waals surface area contributed by atoms with Gasteiger partial charge >= 0.3 is 7.82 Å². The number of phosphoric acid groups is 1. The number of carbonyl (C=O) groups is 1. The summed E-state index contributed by atoms with van der Waals surface area (Å²) >= 11 is 0. The Labute approximate surface area is 361 Å². The molecule has 0 fully saturated rings. The van der Waals surface area contributed by atoms with E-state index in [0.717, 1.165) is 89.9 Å². The maximum atomic E-state index is 12.8. The molecule has 3 unspecified atom stereocenters. The quantitative estimate of drug-likeness (QED) is 0.0274. The molecule has 0 bridgehead atoms. The Bertz CT molecular complexity index is 1280. The average molecular weight is 841 g/mol. The van der Waals surface area contributed by atoms with Gasteiger partial charge < -0.3 is 21.1 Å². The first-order chi connectivity index (χ1) is 28.9. The van der Waals surface area contributed by atoms with Crippen LogP contribution in [0.1, 0.15) is 168 Å². The van der Waals surface area contributed by atoms with Crippen molar-refractivity contribution in [3.8, 4) is 0 Å². The van der Waals surface area contributed by atoms with Crippen molar-refractivity contribution in [2.45, 2.75) is 180 Å². The minimum Gasteiger partial charge on any atom is -0.387 e. The molecule has 0 rings (SSSR count). The van der Waals surface area contributed by atoms with Gasteiger partial charge in [-0.3, -0.25) is 13.8 Å². The van der Waals surface area contributed by atoms with Crippen LogP contribution in [0.2, 0.25) is 0 Å². The predicted octanol–water partition coefficient (Wildman–Crippen LogP) is 13.3. The van der Waals surface area contributed by atoms with Gasteiger partial charge in [-0.1, -0.05) is 175 Å². The van der Waals surface area contributed by atoms with Gasteiger partial charge in [-0.05, 0) is 96.3 Å². The van der Waals surface area contributed by atoms with Crippen LogP contribution in [-0.4, -0.2) is 47.8 Å². The highest BCUT2D eigenvalue weighted by Crippen LogP contribution is 2.43. The molecule has 59 heavy (non-hydrogen) atoms. The minimum absolute atomic E-state index is 0.0608. The summed E-state index contributed by atoms with van der Waals surface area (Å²) in [7, 11) is -4.37. The molecule has 8 nitrogen and oxygen atoms in total. The summed E-state index contributed by atoms with van der Waals surface area (Å²) in [5.41, 5.74) is 5.37. The highest BCUT2D eigenvalue weighted by Gasteiger charge is 2.26. The molecule has 0 aliphatic carbocycles. The van der Waals surface area contributed by atoms with Crippen LogP contribution in [0, 0.1) is 0 Å². The van der Waals surface area contributed by atoms with Crippen molar-refractivity contribution in [1.82, 2.24) is 5.32 Å². The van der Waals surface area contributed by atoms with Crippen LogP contribution in [0.15, 0.2) is 109 Å². The molecule has 0 spiro atoms. The first kappa shape index (κ1) is 56.2. The van der Waals surface area contributed by atoms with Crippen molar-refractivity contribution in [3.05, 3.63) is 109 Å². The highest BCUT2D eigenvalue weighted by molar-refractivity contribution is 7.47. The van der Waals surface area contributed by atoms with E-state index in [2.05, 4.69) is 116 Å². The summed E-state index contributed by atoms with van der Waals surface area (Å²) < 4.78 is 22.1. The lowest BCUT2D eigenvalue weighted by Crippen LogP contribution is -2.45. The maximum Gasteiger partial charge on any atom is 0.472 e. The number of aliphatic hydroxyl groups is 1. The molecule has 9 heteroatoms. The summed E-state index contributed by atoms with van der Waals surface area (Å²) in [5.74, 6) is -0.238. The standard InChI is InChI=1S/C50H85N2O6P/c1-3-5-7-9-11-13-15-17-19-21-22-23-24-25-26-28-30-32-34-36-38-40-42-44-50(54)52-48(47-58-59(55,56)57-46-45-51)49(53)43-41-39-37-35-33-31-29-27-20-18-16-14-12-10-8-6-4-2/h5,7,11,13,17,19-20,22-23,25-27,30,32-33,35,41,43,48-49,53H,3-4,6,8-10,12,14-16,18,21,24,28-29,31,34,36-40,42,44-47,51H2,1-2H3,(H,52,54)(H,55,56)/b7-5-,13-11-,19-17-,23-22-,26-25-,27-20+,32-30-,35-33+,43-41+. The number of phosphoric ester groups is 1. The van der Waals surface area contributed by atoms with Crippen molar-refractivity contribution in [1.29, 1.82) is 0 Å². The molecule has 336 valence electrons. The fourth-order valence-corrected chi connectivity index (χ4v) is 6.63. The number of unbranched alkanes of at least 4 members (excludes halogenated alkanes) is 13. The second-order valence-corrected chi connectivity index (χ2v) is 16.3. The fraction of sp³-hybridized carbons (Fsp3) is 0.620. The van der Waals surface area contributed by atoms with Gasteiger partial charge in [0.2, 0.25) is 5.91 Å². The average Bonchev–Trinajstić information content (AvgIpc) is 3.22. The van der Waals surface area contributed by atoms with E-state index < -0.39 is 20.0 Å². The van der Waals surface area contributed by atoms with Crippen molar-refractivity contribution >= 4 is 13.7 Å². The summed E-state index contributed by atoms with van der Waals surface area (Å²) in [4.78, 5) is 22.7. The van der Waals surface area contributed by atoms with Crippen molar-refractivity contribution in [3.63, 3.8) is 0 Å². The summed E-state index contributed by atoms with van der Waals surface area (Å²) in [6, 6.07) is -0.905. The molecule has 0 aromatic carbocycles. The first-order valence-electron chi connectivity index (χ1n) is 23.0. The third kappa shape index (κ3) is 43.1. The van der Waals surface area contributed by atoms with Crippen LogP contribution in [0.3, 0.4) is 0 Å². The van der Waals surface area contributed by atoms with Crippen molar-refractivity contribution < 1.29 is 28.4 Å². The Hall–Kier alpha value is -2.84. The zero-order valence-electron chi connectivity index (χ0n) is 37.2. The molecule has 0 aromatic rings. The number of carbonyl (C=O) groups excluding carboxylic acids is 1. The number of aliphatic hydroxyl groups excluding tert-OH is 1. The third-order valence-electron chi connectivity index (χ3n) is 9.31. The lowest BCUT2D eigenvalue weighted by Gasteiger charge is -2.23. The molecule has 3 atom stereocenters. The van der Waals surface area contributed by atoms with E-state index in [4.69, 9.17) is 14.8 Å². The van der Waals surface area contributed by atoms with Gasteiger partial charge in [-0.15, -0.1) is 0 Å². The monoisotopic (exact) mass is 841 g/mol. The highest BCUT2D eigenvalue weighted by atomic mass is 31.2. The molecular formula is C50H85N2O6P. The molecule has 0 radical (unpaired) electrons. The minimum atomic E-state index is -4.37. The lowest BCUT2D eigenvalue weighted by molar-refractivity contribution is -0.123. The van der Waals surface area contributed by atoms with E-state index >= 15 is 0 Å². The topological polar surface area (TPSA) is 131 Å². The normalized spacial score (nSPS) is 15.0. The van der Waals surface area contributed by atoms with E-state index in [1.165, 1.54) is 51.4 Å². The van der Waals surface area contributed by atoms with Gasteiger partial charge in [-0.2, -0.15) is 0 Å². The number of rotatable bonds is 41. The predicted molar refractivity (Wildman–Crippen MR) is 253 cm³/mol. The zero-order chi connectivity index (χ0) is 43.2. The molecule has 0 aromatic heterocycles. The summed E-state index contributed by atoms with van der Waals surface area (Å²) in [5, 5.41) is 13.6. The van der Waals surface area contributed by atoms with Gasteiger partial charge in [0.05, 0.1) is 25.4 Å². The van der Waals surface area contributed by atoms with E-state index in [9.17, 15) is 19.4 Å². The van der Waals surface area contributed by atoms with Crippen LogP contribution < -0.4 is 11.1 Å². The van der Waals surface area contributed by atoms with Crippen LogP contribution >= 0.6 is 7.82 Å². The van der Waals surface area contributed by atoms with Crippen LogP contribution in [0.4, 0.5) is 0 Å². The Morgan fingerprint density at radius 2 is 1.00 bits per heavy atom. The number of allylic oxidation sites excluding steroid dienone is 17. The number of hydrogen-bond acceptors (Lipinski definition) is 6. The smallest absolute Gasteiger partial charge is 0.387 e. The van der Waals surface area contributed by atoms with Gasteiger partial charge in [0, 0.05) is 13.0 Å². The maximum absolute atomic E-state index is 12.8. The van der Waals surface area contributed by atoms with Crippen molar-refractivity contribution in [2.75, 3.05) is 19.8 Å². The molecule has 1 amide bonds. The second-order valence-electron chi connectivity index (χ2n) is 14.9. The van der Waals surface area contributed by atoms with E-state index in [-0.39, 0.29) is 25.7 Å². The van der Waals surface area contributed by atoms with Crippen molar-refractivity contribution in [2.24, 2.45) is 5.73 Å². The Morgan fingerprint density at radius 1 is 0.576 bits per heavy atom. The van der Waals surface area contributed by atoms with Crippen LogP contribution in [0.25, 0.3) is 0 Å². The SMILES string of the molecule is CC/C=C\C/C=C\C/C=C\C/C=C\C/C=C\C/C=C\CCCCCCC(=O)NC(COP(=O)(O)OCCN)C(O)/C=C/CC/C=C/CC/C=C/CCCCCCCCC. The zero-order valence-corrected chi connectivity index (χ0v) is 38.1. The van der Waals surface area contributed by atoms with E-state index in [0.29, 0.717) is 12.8 Å². The molecule has 0 saturated carbocycles. The Morgan fingerprint density at radius 3 is 1.51 bits per heavy atom.